The molecular weight excluding hydrogens is 481 g/mol. The van der Waals surface area contributed by atoms with Crippen LogP contribution in [0.3, 0.4) is 0 Å². The molecule has 0 fully saturated rings. The van der Waals surface area contributed by atoms with Gasteiger partial charge in [0.25, 0.3) is 0 Å². The standard InChI is InChI=1S/C24H24FNO6S2/c1-31-16-15-26(33(27,28)17-14-20-6-3-2-4-7-20)19-21-8-5-9-23(18-21)32-34(29,30)24-12-10-22(25)11-13-24/h2-14,17-18H,15-16,19H2,1H3. The van der Waals surface area contributed by atoms with Gasteiger partial charge in [-0.05, 0) is 53.6 Å². The molecule has 0 radical (unpaired) electrons. The summed E-state index contributed by atoms with van der Waals surface area (Å²) >= 11 is 0. The molecule has 3 rings (SSSR count). The van der Waals surface area contributed by atoms with Crippen molar-refractivity contribution in [2.75, 3.05) is 20.3 Å². The highest BCUT2D eigenvalue weighted by atomic mass is 32.2. The van der Waals surface area contributed by atoms with Crippen LogP contribution in [0.5, 0.6) is 5.75 Å². The zero-order valence-corrected chi connectivity index (χ0v) is 20.0. The van der Waals surface area contributed by atoms with Crippen LogP contribution in [-0.2, 0) is 31.4 Å². The van der Waals surface area contributed by atoms with E-state index in [1.165, 1.54) is 29.6 Å². The third-order valence-electron chi connectivity index (χ3n) is 4.70. The Labute approximate surface area is 199 Å². The lowest BCUT2D eigenvalue weighted by Crippen LogP contribution is -2.32. The maximum absolute atomic E-state index is 13.1. The van der Waals surface area contributed by atoms with Gasteiger partial charge in [0.2, 0.25) is 10.0 Å². The van der Waals surface area contributed by atoms with Crippen molar-refractivity contribution < 1.29 is 30.1 Å². The minimum Gasteiger partial charge on any atom is -0.383 e. The van der Waals surface area contributed by atoms with Crippen molar-refractivity contribution >= 4 is 26.2 Å². The summed E-state index contributed by atoms with van der Waals surface area (Å²) < 4.78 is 75.5. The molecule has 0 atom stereocenters. The summed E-state index contributed by atoms with van der Waals surface area (Å²) in [5.41, 5.74) is 1.25. The maximum atomic E-state index is 13.1. The smallest absolute Gasteiger partial charge is 0.339 e. The molecule has 10 heteroatoms. The quantitative estimate of drug-likeness (QED) is 0.366. The first-order valence-corrected chi connectivity index (χ1v) is 13.1. The van der Waals surface area contributed by atoms with Crippen molar-refractivity contribution in [3.05, 3.63) is 101 Å². The molecular formula is C24H24FNO6S2. The van der Waals surface area contributed by atoms with E-state index < -0.39 is 26.0 Å². The summed E-state index contributed by atoms with van der Waals surface area (Å²) in [5, 5.41) is 1.12. The van der Waals surface area contributed by atoms with Gasteiger partial charge in [-0.2, -0.15) is 12.7 Å². The second-order valence-electron chi connectivity index (χ2n) is 7.22. The molecule has 3 aromatic carbocycles. The van der Waals surface area contributed by atoms with Crippen LogP contribution in [0, 0.1) is 5.82 Å². The summed E-state index contributed by atoms with van der Waals surface area (Å²) in [4.78, 5) is -0.199. The van der Waals surface area contributed by atoms with Crippen molar-refractivity contribution in [2.24, 2.45) is 0 Å². The molecule has 0 aliphatic rings. The van der Waals surface area contributed by atoms with E-state index in [0.29, 0.717) is 5.56 Å². The number of nitrogens with zero attached hydrogens (tertiary/aromatic N) is 1. The van der Waals surface area contributed by atoms with Gasteiger partial charge in [0.05, 0.1) is 6.61 Å². The second kappa shape index (κ2) is 11.4. The number of ether oxygens (including phenoxy) is 1. The zero-order valence-electron chi connectivity index (χ0n) is 18.4. The molecule has 0 aliphatic heterocycles. The second-order valence-corrected chi connectivity index (χ2v) is 10.6. The highest BCUT2D eigenvalue weighted by Gasteiger charge is 2.21. The van der Waals surface area contributed by atoms with Crippen LogP contribution in [0.2, 0.25) is 0 Å². The molecule has 0 aromatic heterocycles. The number of halogens is 1. The van der Waals surface area contributed by atoms with E-state index in [9.17, 15) is 21.2 Å². The summed E-state index contributed by atoms with van der Waals surface area (Å²) in [6.45, 7) is 0.239. The molecule has 0 heterocycles. The van der Waals surface area contributed by atoms with Crippen LogP contribution < -0.4 is 4.18 Å². The third-order valence-corrected chi connectivity index (χ3v) is 7.48. The van der Waals surface area contributed by atoms with Crippen molar-refractivity contribution in [1.29, 1.82) is 0 Å². The Morgan fingerprint density at radius 3 is 2.29 bits per heavy atom. The molecule has 0 bridgehead atoms. The first-order valence-electron chi connectivity index (χ1n) is 10.2. The van der Waals surface area contributed by atoms with E-state index in [1.54, 1.807) is 36.4 Å². The average Bonchev–Trinajstić information content (AvgIpc) is 2.81. The lowest BCUT2D eigenvalue weighted by Gasteiger charge is -2.20. The van der Waals surface area contributed by atoms with Crippen molar-refractivity contribution in [3.8, 4) is 5.75 Å². The van der Waals surface area contributed by atoms with E-state index in [4.69, 9.17) is 8.92 Å². The first-order chi connectivity index (χ1) is 16.2. The summed E-state index contributed by atoms with van der Waals surface area (Å²) in [6, 6.07) is 19.4. The minimum atomic E-state index is -4.19. The van der Waals surface area contributed by atoms with E-state index >= 15 is 0 Å². The number of methoxy groups -OCH3 is 1. The van der Waals surface area contributed by atoms with Crippen LogP contribution in [0.4, 0.5) is 4.39 Å². The highest BCUT2D eigenvalue weighted by molar-refractivity contribution is 7.92. The molecule has 34 heavy (non-hydrogen) atoms. The number of benzene rings is 3. The Bertz CT molecular complexity index is 1330. The van der Waals surface area contributed by atoms with Gasteiger partial charge in [0.1, 0.15) is 16.5 Å². The van der Waals surface area contributed by atoms with Gasteiger partial charge in [-0.25, -0.2) is 12.8 Å². The van der Waals surface area contributed by atoms with E-state index in [0.717, 1.165) is 35.2 Å². The number of rotatable bonds is 11. The molecule has 3 aromatic rings. The SMILES string of the molecule is COCCN(Cc1cccc(OS(=O)(=O)c2ccc(F)cc2)c1)S(=O)(=O)C=Cc1ccccc1. The van der Waals surface area contributed by atoms with Gasteiger partial charge in [-0.1, -0.05) is 42.5 Å². The molecule has 0 N–H and O–H groups in total. The highest BCUT2D eigenvalue weighted by Crippen LogP contribution is 2.22. The lowest BCUT2D eigenvalue weighted by molar-refractivity contribution is 0.178. The summed E-state index contributed by atoms with van der Waals surface area (Å²) in [6.07, 6.45) is 1.50. The fourth-order valence-corrected chi connectivity index (χ4v) is 5.06. The van der Waals surface area contributed by atoms with Crippen LogP contribution in [-0.4, -0.2) is 41.4 Å². The van der Waals surface area contributed by atoms with Crippen LogP contribution >= 0.6 is 0 Å². The summed E-state index contributed by atoms with van der Waals surface area (Å²) in [5.74, 6) is -0.564. The van der Waals surface area contributed by atoms with Gasteiger partial charge >= 0.3 is 10.1 Å². The Balaban J connectivity index is 1.80. The van der Waals surface area contributed by atoms with Gasteiger partial charge in [-0.15, -0.1) is 0 Å². The fourth-order valence-electron chi connectivity index (χ4n) is 2.98. The summed E-state index contributed by atoms with van der Waals surface area (Å²) in [7, 11) is -6.52. The predicted molar refractivity (Wildman–Crippen MR) is 127 cm³/mol. The van der Waals surface area contributed by atoms with E-state index in [2.05, 4.69) is 0 Å². The Kier molecular flexibility index (Phi) is 8.56. The van der Waals surface area contributed by atoms with Crippen LogP contribution in [0.1, 0.15) is 11.1 Å². The van der Waals surface area contributed by atoms with Crippen molar-refractivity contribution in [3.63, 3.8) is 0 Å². The molecule has 0 unspecified atom stereocenters. The maximum Gasteiger partial charge on any atom is 0.339 e. The molecule has 0 amide bonds. The van der Waals surface area contributed by atoms with Gasteiger partial charge in [0.15, 0.2) is 0 Å². The number of hydrogen-bond acceptors (Lipinski definition) is 6. The number of sulfonamides is 1. The van der Waals surface area contributed by atoms with E-state index in [1.807, 2.05) is 6.07 Å². The van der Waals surface area contributed by atoms with Crippen molar-refractivity contribution in [1.82, 2.24) is 4.31 Å². The fraction of sp³-hybridized carbons (Fsp3) is 0.167. The molecule has 180 valence electrons. The van der Waals surface area contributed by atoms with Crippen molar-refractivity contribution in [2.45, 2.75) is 11.4 Å². The average molecular weight is 506 g/mol. The van der Waals surface area contributed by atoms with E-state index in [-0.39, 0.29) is 30.3 Å². The third kappa shape index (κ3) is 7.22. The first kappa shape index (κ1) is 25.6. The Morgan fingerprint density at radius 2 is 1.62 bits per heavy atom. The molecule has 0 saturated carbocycles. The molecule has 0 spiro atoms. The largest absolute Gasteiger partial charge is 0.383 e. The lowest BCUT2D eigenvalue weighted by atomic mass is 10.2. The zero-order chi connectivity index (χ0) is 24.6. The molecule has 0 aliphatic carbocycles. The molecule has 7 nitrogen and oxygen atoms in total. The van der Waals surface area contributed by atoms with Crippen LogP contribution in [0.25, 0.3) is 6.08 Å². The monoisotopic (exact) mass is 505 g/mol. The van der Waals surface area contributed by atoms with Gasteiger partial charge < -0.3 is 8.92 Å². The Morgan fingerprint density at radius 1 is 0.912 bits per heavy atom. The minimum absolute atomic E-state index is 0.00532. The number of hydrogen-bond donors (Lipinski definition) is 0. The van der Waals surface area contributed by atoms with Gasteiger partial charge in [-0.3, -0.25) is 0 Å². The topological polar surface area (TPSA) is 90.0 Å². The molecule has 0 saturated heterocycles. The predicted octanol–water partition coefficient (Wildman–Crippen LogP) is 4.04. The van der Waals surface area contributed by atoms with Gasteiger partial charge in [0, 0.05) is 25.6 Å². The van der Waals surface area contributed by atoms with Crippen LogP contribution in [0.15, 0.2) is 89.2 Å². The normalized spacial score (nSPS) is 12.3. The Hall–Kier alpha value is -3.05.